The minimum atomic E-state index is -0.0113. The molecule has 6 nitrogen and oxygen atoms in total. The number of hydrogen-bond acceptors (Lipinski definition) is 7. The molecule has 0 atom stereocenters. The molecule has 0 aliphatic heterocycles. The summed E-state index contributed by atoms with van der Waals surface area (Å²) in [5.41, 5.74) is 2.02. The molecule has 0 N–H and O–H groups in total. The van der Waals surface area contributed by atoms with Gasteiger partial charge in [0.05, 0.1) is 16.6 Å². The molecule has 0 spiro atoms. The summed E-state index contributed by atoms with van der Waals surface area (Å²) >= 11 is 8.65. The van der Waals surface area contributed by atoms with E-state index in [1.165, 1.54) is 23.1 Å². The van der Waals surface area contributed by atoms with Crippen molar-refractivity contribution in [2.45, 2.75) is 25.6 Å². The van der Waals surface area contributed by atoms with Gasteiger partial charge in [0.15, 0.2) is 0 Å². The summed E-state index contributed by atoms with van der Waals surface area (Å²) in [6.07, 6.45) is 0. The highest BCUT2D eigenvalue weighted by molar-refractivity contribution is 7.99. The predicted molar refractivity (Wildman–Crippen MR) is 120 cm³/mol. The van der Waals surface area contributed by atoms with Crippen LogP contribution in [-0.4, -0.2) is 46.9 Å². The molecule has 0 bridgehead atoms. The second kappa shape index (κ2) is 10.1. The molecule has 0 aliphatic rings. The summed E-state index contributed by atoms with van der Waals surface area (Å²) in [4.78, 5) is 17.3. The number of hydrogen-bond donors (Lipinski definition) is 0. The Kier molecular flexibility index (Phi) is 7.57. The summed E-state index contributed by atoms with van der Waals surface area (Å²) in [6, 6.07) is 11.8. The van der Waals surface area contributed by atoms with Crippen molar-refractivity contribution in [2.75, 3.05) is 30.8 Å². The Morgan fingerprint density at radius 2 is 1.86 bits per heavy atom. The van der Waals surface area contributed by atoms with Gasteiger partial charge in [-0.3, -0.25) is 4.79 Å². The Morgan fingerprint density at radius 3 is 2.48 bits per heavy atom. The number of thioether (sulfide) groups is 1. The number of benzene rings is 1. The van der Waals surface area contributed by atoms with Gasteiger partial charge in [-0.05, 0) is 50.2 Å². The minimum absolute atomic E-state index is 0.0113. The van der Waals surface area contributed by atoms with Crippen LogP contribution in [-0.2, 0) is 11.3 Å². The molecular formula is C20H23ClN4O2S2. The van der Waals surface area contributed by atoms with E-state index in [1.54, 1.807) is 11.9 Å². The van der Waals surface area contributed by atoms with Crippen LogP contribution < -0.4 is 4.90 Å². The van der Waals surface area contributed by atoms with Crippen LogP contribution in [0.5, 0.6) is 0 Å². The summed E-state index contributed by atoms with van der Waals surface area (Å²) in [5.74, 6) is 0.675. The lowest BCUT2D eigenvalue weighted by molar-refractivity contribution is -0.127. The highest BCUT2D eigenvalue weighted by Crippen LogP contribution is 2.26. The van der Waals surface area contributed by atoms with Gasteiger partial charge in [0.2, 0.25) is 11.8 Å². The zero-order chi connectivity index (χ0) is 20.8. The molecule has 9 heteroatoms. The Hall–Kier alpha value is -2.03. The quantitative estimate of drug-likeness (QED) is 0.425. The summed E-state index contributed by atoms with van der Waals surface area (Å²) in [7, 11) is 1.77. The number of thiophene rings is 1. The third-order valence-corrected chi connectivity index (χ3v) is 6.44. The van der Waals surface area contributed by atoms with Crippen LogP contribution in [0.4, 0.5) is 5.69 Å². The molecule has 3 aromatic rings. The number of carbonyl (C=O) groups is 1. The van der Waals surface area contributed by atoms with E-state index in [1.807, 2.05) is 24.3 Å². The third kappa shape index (κ3) is 5.74. The monoisotopic (exact) mass is 450 g/mol. The van der Waals surface area contributed by atoms with Crippen molar-refractivity contribution in [2.24, 2.45) is 0 Å². The van der Waals surface area contributed by atoms with Gasteiger partial charge in [-0.15, -0.1) is 21.5 Å². The molecule has 0 saturated carbocycles. The largest absolute Gasteiger partial charge is 0.411 e. The average Bonchev–Trinajstić information content (AvgIpc) is 3.36. The van der Waals surface area contributed by atoms with Crippen molar-refractivity contribution in [1.82, 2.24) is 15.1 Å². The van der Waals surface area contributed by atoms with E-state index in [0.29, 0.717) is 17.7 Å². The molecule has 0 fully saturated rings. The molecule has 0 saturated heterocycles. The Balaban J connectivity index is 1.55. The highest BCUT2D eigenvalue weighted by Gasteiger charge is 2.15. The standard InChI is InChI=1S/C20H23ClN4O2S2/c1-4-25(5-2)15-8-6-14(7-9-15)19-22-23-20(27-19)28-13-18(26)24(3)12-16-10-11-17(21)29-16/h6-11H,4-5,12-13H2,1-3H3. The first-order valence-electron chi connectivity index (χ1n) is 9.30. The number of nitrogens with zero attached hydrogens (tertiary/aromatic N) is 4. The van der Waals surface area contributed by atoms with Crippen molar-refractivity contribution in [3.05, 3.63) is 45.6 Å². The van der Waals surface area contributed by atoms with Gasteiger partial charge >= 0.3 is 0 Å². The molecule has 0 aliphatic carbocycles. The molecule has 2 heterocycles. The van der Waals surface area contributed by atoms with Gasteiger partial charge < -0.3 is 14.2 Å². The lowest BCUT2D eigenvalue weighted by Crippen LogP contribution is -2.27. The number of carbonyl (C=O) groups excluding carboxylic acids is 1. The first-order valence-corrected chi connectivity index (χ1v) is 11.5. The van der Waals surface area contributed by atoms with E-state index < -0.39 is 0 Å². The summed E-state index contributed by atoms with van der Waals surface area (Å²) in [5, 5.41) is 8.54. The van der Waals surface area contributed by atoms with Crippen LogP contribution >= 0.6 is 34.7 Å². The van der Waals surface area contributed by atoms with Crippen LogP contribution in [0.2, 0.25) is 4.34 Å². The van der Waals surface area contributed by atoms with Crippen molar-refractivity contribution in [3.8, 4) is 11.5 Å². The van der Waals surface area contributed by atoms with Crippen molar-refractivity contribution < 1.29 is 9.21 Å². The molecule has 2 aromatic heterocycles. The fraction of sp³-hybridized carbons (Fsp3) is 0.350. The van der Waals surface area contributed by atoms with E-state index in [0.717, 1.165) is 33.6 Å². The molecular weight excluding hydrogens is 428 g/mol. The van der Waals surface area contributed by atoms with Gasteiger partial charge in [0.25, 0.3) is 5.22 Å². The number of amides is 1. The fourth-order valence-electron chi connectivity index (χ4n) is 2.78. The maximum Gasteiger partial charge on any atom is 0.277 e. The van der Waals surface area contributed by atoms with Gasteiger partial charge in [0.1, 0.15) is 0 Å². The van der Waals surface area contributed by atoms with Crippen LogP contribution in [0.25, 0.3) is 11.5 Å². The maximum atomic E-state index is 12.3. The molecule has 0 unspecified atom stereocenters. The maximum absolute atomic E-state index is 12.3. The molecule has 29 heavy (non-hydrogen) atoms. The second-order valence-corrected chi connectivity index (χ2v) is 9.06. The summed E-state index contributed by atoms with van der Waals surface area (Å²) < 4.78 is 6.44. The van der Waals surface area contributed by atoms with E-state index in [-0.39, 0.29) is 11.7 Å². The molecule has 154 valence electrons. The summed E-state index contributed by atoms with van der Waals surface area (Å²) in [6.45, 7) is 6.71. The lowest BCUT2D eigenvalue weighted by atomic mass is 10.2. The highest BCUT2D eigenvalue weighted by atomic mass is 35.5. The number of halogens is 1. The number of rotatable bonds is 9. The van der Waals surface area contributed by atoms with Crippen LogP contribution in [0, 0.1) is 0 Å². The first-order chi connectivity index (χ1) is 14.0. The van der Waals surface area contributed by atoms with Crippen LogP contribution in [0.15, 0.2) is 46.0 Å². The van der Waals surface area contributed by atoms with Crippen molar-refractivity contribution in [3.63, 3.8) is 0 Å². The van der Waals surface area contributed by atoms with Gasteiger partial charge in [0, 0.05) is 36.3 Å². The molecule has 0 radical (unpaired) electrons. The van der Waals surface area contributed by atoms with Gasteiger partial charge in [-0.2, -0.15) is 0 Å². The van der Waals surface area contributed by atoms with Gasteiger partial charge in [-0.1, -0.05) is 23.4 Å². The smallest absolute Gasteiger partial charge is 0.277 e. The molecule has 1 aromatic carbocycles. The first kappa shape index (κ1) is 21.7. The Labute approximate surface area is 183 Å². The van der Waals surface area contributed by atoms with E-state index in [2.05, 4.69) is 41.1 Å². The third-order valence-electron chi connectivity index (χ3n) is 4.42. The van der Waals surface area contributed by atoms with E-state index >= 15 is 0 Å². The topological polar surface area (TPSA) is 62.5 Å². The van der Waals surface area contributed by atoms with Crippen LogP contribution in [0.3, 0.4) is 0 Å². The molecule has 1 amide bonds. The van der Waals surface area contributed by atoms with Crippen molar-refractivity contribution in [1.29, 1.82) is 0 Å². The van der Waals surface area contributed by atoms with E-state index in [9.17, 15) is 4.79 Å². The SMILES string of the molecule is CCN(CC)c1ccc(-c2nnc(SCC(=O)N(C)Cc3ccc(Cl)s3)o2)cc1. The van der Waals surface area contributed by atoms with Gasteiger partial charge in [-0.25, -0.2) is 0 Å². The Morgan fingerprint density at radius 1 is 1.14 bits per heavy atom. The zero-order valence-corrected chi connectivity index (χ0v) is 19.0. The fourth-order valence-corrected chi connectivity index (χ4v) is 4.63. The number of aromatic nitrogens is 2. The molecule has 3 rings (SSSR count). The predicted octanol–water partition coefficient (Wildman–Crippen LogP) is 5.05. The van der Waals surface area contributed by atoms with E-state index in [4.69, 9.17) is 16.0 Å². The zero-order valence-electron chi connectivity index (χ0n) is 16.6. The normalized spacial score (nSPS) is 10.9. The van der Waals surface area contributed by atoms with Crippen molar-refractivity contribution >= 4 is 46.3 Å². The minimum Gasteiger partial charge on any atom is -0.411 e. The van der Waals surface area contributed by atoms with Crippen LogP contribution in [0.1, 0.15) is 18.7 Å². The lowest BCUT2D eigenvalue weighted by Gasteiger charge is -2.20. The number of anilines is 1. The average molecular weight is 451 g/mol. The Bertz CT molecular complexity index is 938. The second-order valence-electron chi connectivity index (χ2n) is 6.34.